The molecule has 0 bridgehead atoms. The van der Waals surface area contributed by atoms with Crippen molar-refractivity contribution in [2.24, 2.45) is 0 Å². The molecule has 2 aromatic carbocycles. The van der Waals surface area contributed by atoms with Crippen molar-refractivity contribution in [3.8, 4) is 0 Å². The van der Waals surface area contributed by atoms with Gasteiger partial charge < -0.3 is 0 Å². The van der Waals surface area contributed by atoms with Crippen LogP contribution in [0.2, 0.25) is 0 Å². The quantitative estimate of drug-likeness (QED) is 0.666. The third-order valence-corrected chi connectivity index (χ3v) is 5.57. The molecule has 0 spiro atoms. The van der Waals surface area contributed by atoms with E-state index in [-0.39, 0.29) is 0 Å². The summed E-state index contributed by atoms with van der Waals surface area (Å²) in [5, 5.41) is 0. The van der Waals surface area contributed by atoms with Gasteiger partial charge in [-0.05, 0) is 61.6 Å². The molecule has 2 aromatic rings. The van der Waals surface area contributed by atoms with Crippen LogP contribution < -0.4 is 4.72 Å². The molecule has 1 N–H and O–H groups in total. The molecule has 0 aliphatic heterocycles. The van der Waals surface area contributed by atoms with Crippen LogP contribution in [0, 0.1) is 13.8 Å². The molecule has 3 nitrogen and oxygen atoms in total. The highest BCUT2D eigenvalue weighted by atomic mass is 32.2. The second-order valence-electron chi connectivity index (χ2n) is 6.38. The van der Waals surface area contributed by atoms with Gasteiger partial charge in [0.2, 0.25) is 0 Å². The van der Waals surface area contributed by atoms with Crippen LogP contribution in [0.4, 0.5) is 5.69 Å². The molecule has 0 aliphatic rings. The van der Waals surface area contributed by atoms with E-state index in [9.17, 15) is 8.42 Å². The summed E-state index contributed by atoms with van der Waals surface area (Å²) >= 11 is 0. The molecule has 0 unspecified atom stereocenters. The number of aryl methyl sites for hydroxylation is 3. The number of rotatable bonds is 8. The van der Waals surface area contributed by atoms with Crippen LogP contribution in [-0.2, 0) is 16.4 Å². The maximum Gasteiger partial charge on any atom is 0.261 e. The standard InChI is InChI=1S/C20H27NO2S/c1-4-5-6-7-8-18-11-13-19(14-12-18)24(22,23)21-20-15-16(2)9-10-17(20)3/h9-15,21H,4-8H2,1-3H3. The van der Waals surface area contributed by atoms with E-state index in [2.05, 4.69) is 11.6 Å². The molecule has 0 atom stereocenters. The molecule has 2 rings (SSSR count). The number of anilines is 1. The molecule has 4 heteroatoms. The Balaban J connectivity index is 2.08. The predicted octanol–water partition coefficient (Wildman–Crippen LogP) is 5.23. The first-order chi connectivity index (χ1) is 11.4. The molecule has 0 aromatic heterocycles. The minimum Gasteiger partial charge on any atom is -0.279 e. The lowest BCUT2D eigenvalue weighted by molar-refractivity contribution is 0.601. The van der Waals surface area contributed by atoms with Crippen molar-refractivity contribution in [3.05, 3.63) is 59.2 Å². The number of sulfonamides is 1. The first kappa shape index (κ1) is 18.5. The number of hydrogen-bond donors (Lipinski definition) is 1. The lowest BCUT2D eigenvalue weighted by Crippen LogP contribution is -2.14. The van der Waals surface area contributed by atoms with E-state index in [1.54, 1.807) is 12.1 Å². The Kier molecular flexibility index (Phi) is 6.44. The summed E-state index contributed by atoms with van der Waals surface area (Å²) in [6.07, 6.45) is 5.86. The second kappa shape index (κ2) is 8.34. The Bertz CT molecular complexity index is 765. The van der Waals surface area contributed by atoms with Crippen LogP contribution in [0.3, 0.4) is 0 Å². The van der Waals surface area contributed by atoms with Gasteiger partial charge in [-0.15, -0.1) is 0 Å². The summed E-state index contributed by atoms with van der Waals surface area (Å²) < 4.78 is 27.8. The molecule has 0 amide bonds. The monoisotopic (exact) mass is 345 g/mol. The van der Waals surface area contributed by atoms with Gasteiger partial charge in [0.05, 0.1) is 10.6 Å². The highest BCUT2D eigenvalue weighted by Crippen LogP contribution is 2.21. The third-order valence-electron chi connectivity index (χ3n) is 4.19. The molecule has 0 radical (unpaired) electrons. The van der Waals surface area contributed by atoms with Crippen molar-refractivity contribution < 1.29 is 8.42 Å². The van der Waals surface area contributed by atoms with Crippen molar-refractivity contribution in [1.82, 2.24) is 0 Å². The van der Waals surface area contributed by atoms with Crippen LogP contribution in [0.15, 0.2) is 47.4 Å². The summed E-state index contributed by atoms with van der Waals surface area (Å²) in [6.45, 7) is 6.05. The summed E-state index contributed by atoms with van der Waals surface area (Å²) in [5.74, 6) is 0. The average Bonchev–Trinajstić information content (AvgIpc) is 2.55. The minimum atomic E-state index is -3.55. The van der Waals surface area contributed by atoms with Crippen LogP contribution in [0.1, 0.15) is 49.3 Å². The van der Waals surface area contributed by atoms with Gasteiger partial charge in [0.25, 0.3) is 10.0 Å². The van der Waals surface area contributed by atoms with Gasteiger partial charge in [-0.25, -0.2) is 8.42 Å². The zero-order valence-corrected chi connectivity index (χ0v) is 15.6. The van der Waals surface area contributed by atoms with Crippen molar-refractivity contribution in [2.75, 3.05) is 4.72 Å². The Morgan fingerprint density at radius 3 is 2.29 bits per heavy atom. The van der Waals surface area contributed by atoms with Crippen molar-refractivity contribution in [1.29, 1.82) is 0 Å². The van der Waals surface area contributed by atoms with Crippen molar-refractivity contribution in [2.45, 2.75) is 57.8 Å². The zero-order valence-electron chi connectivity index (χ0n) is 14.8. The first-order valence-electron chi connectivity index (χ1n) is 8.61. The fourth-order valence-electron chi connectivity index (χ4n) is 2.64. The third kappa shape index (κ3) is 5.10. The van der Waals surface area contributed by atoms with Gasteiger partial charge >= 0.3 is 0 Å². The van der Waals surface area contributed by atoms with Crippen molar-refractivity contribution in [3.63, 3.8) is 0 Å². The maximum absolute atomic E-state index is 12.6. The summed E-state index contributed by atoms with van der Waals surface area (Å²) in [7, 11) is -3.55. The SMILES string of the molecule is CCCCCCc1ccc(S(=O)(=O)Nc2cc(C)ccc2C)cc1. The number of nitrogens with one attached hydrogen (secondary N) is 1. The number of unbranched alkanes of at least 4 members (excludes halogenated alkanes) is 3. The van der Waals surface area contributed by atoms with Crippen molar-refractivity contribution >= 4 is 15.7 Å². The molecule has 0 fully saturated rings. The molecule has 0 aliphatic carbocycles. The van der Waals surface area contributed by atoms with E-state index in [4.69, 9.17) is 0 Å². The Morgan fingerprint density at radius 1 is 0.917 bits per heavy atom. The first-order valence-corrected chi connectivity index (χ1v) is 10.1. The molecule has 0 heterocycles. The van der Waals surface area contributed by atoms with E-state index in [1.807, 2.05) is 44.2 Å². The molecular weight excluding hydrogens is 318 g/mol. The lowest BCUT2D eigenvalue weighted by Gasteiger charge is -2.12. The average molecular weight is 346 g/mol. The van der Waals surface area contributed by atoms with E-state index in [0.717, 1.165) is 24.0 Å². The van der Waals surface area contributed by atoms with Gasteiger partial charge in [0, 0.05) is 0 Å². The number of benzene rings is 2. The van der Waals surface area contributed by atoms with Gasteiger partial charge in [0.15, 0.2) is 0 Å². The van der Waals surface area contributed by atoms with Gasteiger partial charge in [-0.1, -0.05) is 50.5 Å². The molecule has 0 saturated heterocycles. The molecule has 130 valence electrons. The highest BCUT2D eigenvalue weighted by Gasteiger charge is 2.15. The van der Waals surface area contributed by atoms with Crippen LogP contribution in [0.25, 0.3) is 0 Å². The largest absolute Gasteiger partial charge is 0.279 e. The lowest BCUT2D eigenvalue weighted by atomic mass is 10.1. The van der Waals surface area contributed by atoms with Gasteiger partial charge in [0.1, 0.15) is 0 Å². The van der Waals surface area contributed by atoms with E-state index < -0.39 is 10.0 Å². The minimum absolute atomic E-state index is 0.306. The Hall–Kier alpha value is -1.81. The molecule has 24 heavy (non-hydrogen) atoms. The zero-order chi connectivity index (χ0) is 17.6. The normalized spacial score (nSPS) is 11.5. The van der Waals surface area contributed by atoms with Crippen LogP contribution in [0.5, 0.6) is 0 Å². The summed E-state index contributed by atoms with van der Waals surface area (Å²) in [5.41, 5.74) is 3.77. The van der Waals surface area contributed by atoms with E-state index in [0.29, 0.717) is 10.6 Å². The van der Waals surface area contributed by atoms with Crippen LogP contribution >= 0.6 is 0 Å². The Morgan fingerprint density at radius 2 is 1.62 bits per heavy atom. The summed E-state index contributed by atoms with van der Waals surface area (Å²) in [6, 6.07) is 13.0. The van der Waals surface area contributed by atoms with Gasteiger partial charge in [-0.2, -0.15) is 0 Å². The van der Waals surface area contributed by atoms with Gasteiger partial charge in [-0.3, -0.25) is 4.72 Å². The topological polar surface area (TPSA) is 46.2 Å². The van der Waals surface area contributed by atoms with Crippen LogP contribution in [-0.4, -0.2) is 8.42 Å². The van der Waals surface area contributed by atoms with E-state index >= 15 is 0 Å². The maximum atomic E-state index is 12.6. The highest BCUT2D eigenvalue weighted by molar-refractivity contribution is 7.92. The fraction of sp³-hybridized carbons (Fsp3) is 0.400. The fourth-order valence-corrected chi connectivity index (χ4v) is 3.76. The molecular formula is C20H27NO2S. The predicted molar refractivity (Wildman–Crippen MR) is 101 cm³/mol. The Labute approximate surface area is 146 Å². The smallest absolute Gasteiger partial charge is 0.261 e. The summed E-state index contributed by atoms with van der Waals surface area (Å²) in [4.78, 5) is 0.306. The second-order valence-corrected chi connectivity index (χ2v) is 8.06. The van der Waals surface area contributed by atoms with E-state index in [1.165, 1.54) is 24.8 Å². The number of hydrogen-bond acceptors (Lipinski definition) is 2. The molecule has 0 saturated carbocycles.